The van der Waals surface area contributed by atoms with E-state index >= 15 is 0 Å². The van der Waals surface area contributed by atoms with Gasteiger partial charge in [-0.1, -0.05) is 42.2 Å². The quantitative estimate of drug-likeness (QED) is 0.344. The van der Waals surface area contributed by atoms with E-state index < -0.39 is 10.0 Å². The molecule has 8 heteroatoms. The normalized spacial score (nSPS) is 16.8. The lowest BCUT2D eigenvalue weighted by molar-refractivity contribution is 0.0721. The Kier molecular flexibility index (Phi) is 7.18. The standard InChI is InChI=1S/C32H33N5O2S/c1-2-40(38,39)35-28-10-6-9-27(19-28)21-36-17-15-32(16-18-36)22-37(23-32)31-29-20-26(13-14-30(29)33-24-34-31)12-11-25-7-4-3-5-8-25/h3-10,13-14,19-20,24,35H,2,15-18,21-23H2,1H3. The van der Waals surface area contributed by atoms with Crippen LogP contribution in [-0.4, -0.2) is 55.2 Å². The molecular weight excluding hydrogens is 518 g/mol. The van der Waals surface area contributed by atoms with E-state index in [0.29, 0.717) is 11.1 Å². The first-order valence-electron chi connectivity index (χ1n) is 13.8. The number of benzene rings is 3. The number of fused-ring (bicyclic) bond motifs is 1. The van der Waals surface area contributed by atoms with Crippen LogP contribution in [-0.2, 0) is 16.6 Å². The minimum absolute atomic E-state index is 0.0662. The second kappa shape index (κ2) is 10.9. The molecule has 2 fully saturated rings. The predicted molar refractivity (Wildman–Crippen MR) is 161 cm³/mol. The first-order valence-corrected chi connectivity index (χ1v) is 15.4. The number of hydrogen-bond donors (Lipinski definition) is 1. The first-order chi connectivity index (χ1) is 19.4. The number of sulfonamides is 1. The summed E-state index contributed by atoms with van der Waals surface area (Å²) in [4.78, 5) is 14.0. The lowest BCUT2D eigenvalue weighted by Crippen LogP contribution is -2.60. The molecule has 2 aliphatic heterocycles. The summed E-state index contributed by atoms with van der Waals surface area (Å²) < 4.78 is 26.5. The Balaban J connectivity index is 1.09. The fourth-order valence-electron chi connectivity index (χ4n) is 5.70. The summed E-state index contributed by atoms with van der Waals surface area (Å²) >= 11 is 0. The van der Waals surface area contributed by atoms with E-state index in [1.165, 1.54) is 0 Å². The third-order valence-electron chi connectivity index (χ3n) is 7.99. The lowest BCUT2D eigenvalue weighted by Gasteiger charge is -2.54. The van der Waals surface area contributed by atoms with E-state index in [4.69, 9.17) is 0 Å². The molecule has 3 heterocycles. The van der Waals surface area contributed by atoms with Crippen LogP contribution >= 0.6 is 0 Å². The van der Waals surface area contributed by atoms with Crippen molar-refractivity contribution in [3.05, 3.63) is 95.8 Å². The molecule has 0 unspecified atom stereocenters. The van der Waals surface area contributed by atoms with E-state index in [0.717, 1.165) is 79.0 Å². The van der Waals surface area contributed by atoms with Crippen molar-refractivity contribution >= 4 is 32.4 Å². The number of hydrogen-bond acceptors (Lipinski definition) is 6. The minimum atomic E-state index is -3.28. The molecule has 0 aliphatic carbocycles. The topological polar surface area (TPSA) is 78.4 Å². The molecule has 0 bridgehead atoms. The zero-order valence-electron chi connectivity index (χ0n) is 22.7. The van der Waals surface area contributed by atoms with E-state index in [9.17, 15) is 8.42 Å². The van der Waals surface area contributed by atoms with Crippen molar-refractivity contribution in [2.75, 3.05) is 41.6 Å². The van der Waals surface area contributed by atoms with Crippen LogP contribution in [0.15, 0.2) is 79.1 Å². The molecule has 1 aromatic heterocycles. The third kappa shape index (κ3) is 5.81. The molecule has 2 aliphatic rings. The molecule has 0 saturated carbocycles. The zero-order chi connectivity index (χ0) is 27.6. The maximum Gasteiger partial charge on any atom is 0.232 e. The number of rotatable bonds is 6. The van der Waals surface area contributed by atoms with Crippen molar-refractivity contribution in [3.63, 3.8) is 0 Å². The van der Waals surface area contributed by atoms with Crippen molar-refractivity contribution in [2.24, 2.45) is 5.41 Å². The maximum atomic E-state index is 11.9. The van der Waals surface area contributed by atoms with Crippen molar-refractivity contribution in [1.82, 2.24) is 14.9 Å². The highest BCUT2D eigenvalue weighted by Crippen LogP contribution is 2.43. The Labute approximate surface area is 236 Å². The molecule has 1 N–H and O–H groups in total. The van der Waals surface area contributed by atoms with Crippen molar-refractivity contribution in [1.29, 1.82) is 0 Å². The van der Waals surface area contributed by atoms with Crippen LogP contribution in [0.1, 0.15) is 36.5 Å². The van der Waals surface area contributed by atoms with Crippen molar-refractivity contribution in [2.45, 2.75) is 26.3 Å². The van der Waals surface area contributed by atoms with E-state index in [-0.39, 0.29) is 5.75 Å². The highest BCUT2D eigenvalue weighted by Gasteiger charge is 2.45. The summed E-state index contributed by atoms with van der Waals surface area (Å²) in [6.45, 7) is 6.53. The van der Waals surface area contributed by atoms with Gasteiger partial charge in [0.1, 0.15) is 12.1 Å². The first kappa shape index (κ1) is 26.3. The Morgan fingerprint density at radius 2 is 1.68 bits per heavy atom. The number of likely N-dealkylation sites (tertiary alicyclic amines) is 1. The van der Waals surface area contributed by atoms with Gasteiger partial charge in [0.25, 0.3) is 0 Å². The molecule has 2 saturated heterocycles. The average molecular weight is 552 g/mol. The van der Waals surface area contributed by atoms with Gasteiger partial charge in [-0.3, -0.25) is 9.62 Å². The predicted octanol–water partition coefficient (Wildman–Crippen LogP) is 4.89. The summed E-state index contributed by atoms with van der Waals surface area (Å²) in [6, 6.07) is 23.9. The molecule has 0 radical (unpaired) electrons. The number of piperidine rings is 1. The summed E-state index contributed by atoms with van der Waals surface area (Å²) in [6.07, 6.45) is 3.94. The minimum Gasteiger partial charge on any atom is -0.355 e. The molecule has 0 amide bonds. The molecule has 3 aromatic carbocycles. The summed E-state index contributed by atoms with van der Waals surface area (Å²) in [7, 11) is -3.28. The SMILES string of the molecule is CCS(=O)(=O)Nc1cccc(CN2CCC3(CC2)CN(c2ncnc4ccc(C#Cc5ccccc5)cc24)C3)c1. The highest BCUT2D eigenvalue weighted by atomic mass is 32.2. The van der Waals surface area contributed by atoms with E-state index in [2.05, 4.69) is 48.5 Å². The Morgan fingerprint density at radius 3 is 2.45 bits per heavy atom. The molecule has 0 atom stereocenters. The zero-order valence-corrected chi connectivity index (χ0v) is 23.5. The van der Waals surface area contributed by atoms with Crippen LogP contribution in [0.5, 0.6) is 0 Å². The number of nitrogens with one attached hydrogen (secondary N) is 1. The van der Waals surface area contributed by atoms with E-state index in [1.807, 2.05) is 54.6 Å². The van der Waals surface area contributed by atoms with Crippen LogP contribution in [0, 0.1) is 17.3 Å². The average Bonchev–Trinajstić information content (AvgIpc) is 2.96. The van der Waals surface area contributed by atoms with Crippen LogP contribution in [0.4, 0.5) is 11.5 Å². The molecular formula is C32H33N5O2S. The van der Waals surface area contributed by atoms with E-state index in [1.54, 1.807) is 19.3 Å². The number of aromatic nitrogens is 2. The van der Waals surface area contributed by atoms with Crippen LogP contribution in [0.25, 0.3) is 10.9 Å². The second-order valence-electron chi connectivity index (χ2n) is 10.9. The van der Waals surface area contributed by atoms with Crippen LogP contribution in [0.3, 0.4) is 0 Å². The summed E-state index contributed by atoms with van der Waals surface area (Å²) in [5.41, 5.74) is 4.97. The third-order valence-corrected chi connectivity index (χ3v) is 9.30. The van der Waals surface area contributed by atoms with Gasteiger partial charge in [-0.05, 0) is 80.9 Å². The summed E-state index contributed by atoms with van der Waals surface area (Å²) in [5.74, 6) is 7.60. The van der Waals surface area contributed by atoms with Crippen molar-refractivity contribution < 1.29 is 8.42 Å². The Hall–Kier alpha value is -3.93. The van der Waals surface area contributed by atoms with Gasteiger partial charge in [0.2, 0.25) is 10.0 Å². The molecule has 7 nitrogen and oxygen atoms in total. The van der Waals surface area contributed by atoms with Gasteiger partial charge in [0, 0.05) is 47.2 Å². The largest absolute Gasteiger partial charge is 0.355 e. The lowest BCUT2D eigenvalue weighted by atomic mass is 9.72. The molecule has 4 aromatic rings. The smallest absolute Gasteiger partial charge is 0.232 e. The number of nitrogens with zero attached hydrogens (tertiary/aromatic N) is 4. The highest BCUT2D eigenvalue weighted by molar-refractivity contribution is 7.92. The number of anilines is 2. The molecule has 1 spiro atoms. The fraction of sp³-hybridized carbons (Fsp3) is 0.312. The molecule has 6 rings (SSSR count). The van der Waals surface area contributed by atoms with Crippen LogP contribution < -0.4 is 9.62 Å². The van der Waals surface area contributed by atoms with Crippen LogP contribution in [0.2, 0.25) is 0 Å². The monoisotopic (exact) mass is 551 g/mol. The van der Waals surface area contributed by atoms with Gasteiger partial charge in [0.15, 0.2) is 0 Å². The maximum absolute atomic E-state index is 11.9. The second-order valence-corrected chi connectivity index (χ2v) is 12.9. The Bertz CT molecular complexity index is 1680. The van der Waals surface area contributed by atoms with Gasteiger partial charge in [0.05, 0.1) is 11.3 Å². The molecule has 40 heavy (non-hydrogen) atoms. The van der Waals surface area contributed by atoms with Gasteiger partial charge in [-0.25, -0.2) is 18.4 Å². The Morgan fingerprint density at radius 1 is 0.900 bits per heavy atom. The van der Waals surface area contributed by atoms with Gasteiger partial charge in [-0.2, -0.15) is 0 Å². The molecule has 204 valence electrons. The summed E-state index contributed by atoms with van der Waals surface area (Å²) in [5, 5.41) is 1.05. The van der Waals surface area contributed by atoms with Gasteiger partial charge < -0.3 is 4.90 Å². The van der Waals surface area contributed by atoms with Gasteiger partial charge >= 0.3 is 0 Å². The van der Waals surface area contributed by atoms with Crippen molar-refractivity contribution in [3.8, 4) is 11.8 Å². The van der Waals surface area contributed by atoms with Gasteiger partial charge in [-0.15, -0.1) is 0 Å². The fourth-order valence-corrected chi connectivity index (χ4v) is 6.33.